The third kappa shape index (κ3) is 3.39. The summed E-state index contributed by atoms with van der Waals surface area (Å²) in [6.07, 6.45) is -10.2. The molecule has 0 aliphatic heterocycles. The van der Waals surface area contributed by atoms with Crippen LogP contribution >= 0.6 is 0 Å². The van der Waals surface area contributed by atoms with E-state index in [2.05, 4.69) is 9.72 Å². The molecule has 0 fully saturated rings. The Hall–Kier alpha value is -1.71. The number of hydrogen-bond acceptors (Lipinski definition) is 4. The van der Waals surface area contributed by atoms with E-state index < -0.39 is 42.0 Å². The number of ether oxygens (including phenoxy) is 1. The molecule has 0 atom stereocenters. The molecule has 0 aliphatic rings. The van der Waals surface area contributed by atoms with Gasteiger partial charge in [0.25, 0.3) is 0 Å². The van der Waals surface area contributed by atoms with E-state index in [4.69, 9.17) is 10.2 Å². The Labute approximate surface area is 95.4 Å². The van der Waals surface area contributed by atoms with E-state index >= 15 is 0 Å². The molecule has 0 unspecified atom stereocenters. The molecule has 0 saturated carbocycles. The maximum atomic E-state index is 12.3. The third-order valence-electron chi connectivity index (χ3n) is 1.69. The maximum absolute atomic E-state index is 12.3. The number of halogens is 6. The summed E-state index contributed by atoms with van der Waals surface area (Å²) >= 11 is 0. The van der Waals surface area contributed by atoms with Crippen molar-refractivity contribution in [3.63, 3.8) is 0 Å². The molecule has 0 spiro atoms. The molecule has 1 aromatic heterocycles. The van der Waals surface area contributed by atoms with Crippen molar-refractivity contribution < 1.29 is 41.3 Å². The number of alkyl halides is 6. The van der Waals surface area contributed by atoms with E-state index in [1.54, 1.807) is 0 Å². The second-order valence-electron chi connectivity index (χ2n) is 3.00. The predicted octanol–water partition coefficient (Wildman–Crippen LogP) is 2.20. The molecule has 0 amide bonds. The summed E-state index contributed by atoms with van der Waals surface area (Å²) in [5, 5.41) is 17.6. The van der Waals surface area contributed by atoms with E-state index in [1.807, 2.05) is 0 Å². The highest BCUT2D eigenvalue weighted by Crippen LogP contribution is 2.38. The van der Waals surface area contributed by atoms with E-state index in [0.29, 0.717) is 0 Å². The highest BCUT2D eigenvalue weighted by Gasteiger charge is 2.38. The number of aromatic hydroxyl groups is 1. The van der Waals surface area contributed by atoms with Crippen LogP contribution < -0.4 is 4.74 Å². The molecule has 2 N–H and O–H groups in total. The number of aliphatic hydroxyl groups excluding tert-OH is 1. The fraction of sp³-hybridized carbons (Fsp3) is 0.375. The van der Waals surface area contributed by atoms with Crippen molar-refractivity contribution in [1.82, 2.24) is 4.98 Å². The van der Waals surface area contributed by atoms with Crippen molar-refractivity contribution in [3.05, 3.63) is 17.5 Å². The van der Waals surface area contributed by atoms with Gasteiger partial charge in [-0.1, -0.05) is 0 Å². The molecule has 0 bridgehead atoms. The molecule has 0 aromatic carbocycles. The average molecular weight is 277 g/mol. The molecule has 4 nitrogen and oxygen atoms in total. The van der Waals surface area contributed by atoms with E-state index in [-0.39, 0.29) is 6.07 Å². The van der Waals surface area contributed by atoms with Crippen LogP contribution in [0.2, 0.25) is 0 Å². The minimum Gasteiger partial charge on any atom is -0.506 e. The Morgan fingerprint density at radius 2 is 1.72 bits per heavy atom. The van der Waals surface area contributed by atoms with Crippen LogP contribution in [0.1, 0.15) is 11.4 Å². The zero-order chi connectivity index (χ0) is 14.1. The zero-order valence-electron chi connectivity index (χ0n) is 8.30. The van der Waals surface area contributed by atoms with Gasteiger partial charge in [-0.05, 0) is 0 Å². The smallest absolute Gasteiger partial charge is 0.506 e. The number of rotatable bonds is 2. The summed E-state index contributed by atoms with van der Waals surface area (Å²) in [4.78, 5) is 2.70. The second kappa shape index (κ2) is 4.52. The van der Waals surface area contributed by atoms with Crippen LogP contribution in [0.3, 0.4) is 0 Å². The normalized spacial score (nSPS) is 12.6. The van der Waals surface area contributed by atoms with Gasteiger partial charge in [0.15, 0.2) is 11.4 Å². The van der Waals surface area contributed by atoms with Crippen LogP contribution in [0.25, 0.3) is 0 Å². The molecular formula is C8H5F6NO3. The number of hydrogen-bond donors (Lipinski definition) is 2. The zero-order valence-corrected chi connectivity index (χ0v) is 8.30. The van der Waals surface area contributed by atoms with Gasteiger partial charge in [-0.25, -0.2) is 4.98 Å². The Kier molecular flexibility index (Phi) is 3.60. The Morgan fingerprint density at radius 3 is 2.11 bits per heavy atom. The maximum Gasteiger partial charge on any atom is 0.573 e. The lowest BCUT2D eigenvalue weighted by molar-refractivity contribution is -0.275. The first-order chi connectivity index (χ1) is 8.04. The molecule has 102 valence electrons. The van der Waals surface area contributed by atoms with Crippen LogP contribution in [-0.4, -0.2) is 21.6 Å². The van der Waals surface area contributed by atoms with E-state index in [9.17, 15) is 26.3 Å². The van der Waals surface area contributed by atoms with Crippen molar-refractivity contribution in [1.29, 1.82) is 0 Å². The number of aliphatic hydroxyl groups is 1. The van der Waals surface area contributed by atoms with Gasteiger partial charge in [0, 0.05) is 6.07 Å². The highest BCUT2D eigenvalue weighted by atomic mass is 19.4. The SMILES string of the molecule is OCc1nc(C(F)(F)F)c(O)cc1OC(F)(F)F. The lowest BCUT2D eigenvalue weighted by Crippen LogP contribution is -2.19. The Bertz CT molecular complexity index is 442. The summed E-state index contributed by atoms with van der Waals surface area (Å²) in [5.41, 5.74) is -2.79. The van der Waals surface area contributed by atoms with Crippen LogP contribution in [-0.2, 0) is 12.8 Å². The molecule has 0 radical (unpaired) electrons. The standard InChI is InChI=1S/C8H5F6NO3/c9-7(10,11)6-4(17)1-5(3(2-16)15-6)18-8(12,13)14/h1,16-17H,2H2. The van der Waals surface area contributed by atoms with E-state index in [1.165, 1.54) is 0 Å². The molecule has 1 heterocycles. The molecular weight excluding hydrogens is 272 g/mol. The quantitative estimate of drug-likeness (QED) is 0.813. The summed E-state index contributed by atoms with van der Waals surface area (Å²) in [6, 6.07) is 0.0921. The summed E-state index contributed by atoms with van der Waals surface area (Å²) < 4.78 is 75.8. The molecule has 18 heavy (non-hydrogen) atoms. The Balaban J connectivity index is 3.28. The minimum absolute atomic E-state index is 0.0921. The molecule has 1 aromatic rings. The van der Waals surface area contributed by atoms with E-state index in [0.717, 1.165) is 0 Å². The van der Waals surface area contributed by atoms with Crippen LogP contribution in [0.5, 0.6) is 11.5 Å². The molecule has 0 saturated heterocycles. The fourth-order valence-electron chi connectivity index (χ4n) is 1.06. The highest BCUT2D eigenvalue weighted by molar-refractivity contribution is 5.40. The largest absolute Gasteiger partial charge is 0.573 e. The number of pyridine rings is 1. The Morgan fingerprint density at radius 1 is 1.17 bits per heavy atom. The molecule has 10 heteroatoms. The summed E-state index contributed by atoms with van der Waals surface area (Å²) in [7, 11) is 0. The molecule has 1 rings (SSSR count). The van der Waals surface area contributed by atoms with Gasteiger partial charge in [-0.15, -0.1) is 13.2 Å². The lowest BCUT2D eigenvalue weighted by Gasteiger charge is -2.14. The second-order valence-corrected chi connectivity index (χ2v) is 3.00. The van der Waals surface area contributed by atoms with Gasteiger partial charge in [0.2, 0.25) is 0 Å². The fourth-order valence-corrected chi connectivity index (χ4v) is 1.06. The lowest BCUT2D eigenvalue weighted by atomic mass is 10.2. The van der Waals surface area contributed by atoms with Crippen molar-refractivity contribution in [3.8, 4) is 11.5 Å². The number of nitrogens with zero attached hydrogens (tertiary/aromatic N) is 1. The van der Waals surface area contributed by atoms with Gasteiger partial charge in [0.05, 0.1) is 6.61 Å². The van der Waals surface area contributed by atoms with Crippen molar-refractivity contribution in [2.75, 3.05) is 0 Å². The van der Waals surface area contributed by atoms with Gasteiger partial charge >= 0.3 is 12.5 Å². The average Bonchev–Trinajstić information content (AvgIpc) is 2.13. The minimum atomic E-state index is -5.18. The first-order valence-corrected chi connectivity index (χ1v) is 4.21. The first kappa shape index (κ1) is 14.4. The predicted molar refractivity (Wildman–Crippen MR) is 43.5 cm³/mol. The van der Waals surface area contributed by atoms with Crippen molar-refractivity contribution in [2.45, 2.75) is 19.1 Å². The van der Waals surface area contributed by atoms with Crippen LogP contribution in [0, 0.1) is 0 Å². The number of aromatic nitrogens is 1. The first-order valence-electron chi connectivity index (χ1n) is 4.21. The van der Waals surface area contributed by atoms with Gasteiger partial charge in [0.1, 0.15) is 11.4 Å². The van der Waals surface area contributed by atoms with Crippen LogP contribution in [0.15, 0.2) is 6.07 Å². The van der Waals surface area contributed by atoms with Crippen LogP contribution in [0.4, 0.5) is 26.3 Å². The summed E-state index contributed by atoms with van der Waals surface area (Å²) in [6.45, 7) is -1.21. The van der Waals surface area contributed by atoms with Crippen molar-refractivity contribution in [2.24, 2.45) is 0 Å². The third-order valence-corrected chi connectivity index (χ3v) is 1.69. The van der Waals surface area contributed by atoms with Gasteiger partial charge in [-0.2, -0.15) is 13.2 Å². The molecule has 0 aliphatic carbocycles. The van der Waals surface area contributed by atoms with Gasteiger partial charge < -0.3 is 14.9 Å². The summed E-state index contributed by atoms with van der Waals surface area (Å²) in [5.74, 6) is -2.73. The van der Waals surface area contributed by atoms with Gasteiger partial charge in [-0.3, -0.25) is 0 Å². The van der Waals surface area contributed by atoms with Crippen molar-refractivity contribution >= 4 is 0 Å². The monoisotopic (exact) mass is 277 g/mol. The topological polar surface area (TPSA) is 62.6 Å².